The molecule has 0 aliphatic heterocycles. The van der Waals surface area contributed by atoms with E-state index < -0.39 is 23.1 Å². The molecule has 31 heavy (non-hydrogen) atoms. The smallest absolute Gasteiger partial charge is 0.313 e. The van der Waals surface area contributed by atoms with Crippen molar-refractivity contribution < 1.29 is 60.6 Å². The zero-order chi connectivity index (χ0) is 25.3. The average Bonchev–Trinajstić information content (AvgIpc) is 2.29. The molecule has 2 N–H and O–H groups in total. The molecular weight excluding hydrogens is 440 g/mol. The van der Waals surface area contributed by atoms with Gasteiger partial charge < -0.3 is 19.7 Å². The minimum Gasteiger partial charge on any atom is -0.460 e. The van der Waals surface area contributed by atoms with Gasteiger partial charge in [0.25, 0.3) is 0 Å². The molecule has 0 saturated carbocycles. The van der Waals surface area contributed by atoms with Crippen LogP contribution in [0, 0.1) is 0 Å². The Balaban J connectivity index is -0.000000106. The van der Waals surface area contributed by atoms with Crippen molar-refractivity contribution in [3.63, 3.8) is 0 Å². The third-order valence-corrected chi connectivity index (χ3v) is 1.63. The van der Waals surface area contributed by atoms with Gasteiger partial charge in [-0.05, 0) is 83.1 Å². The molecule has 0 aliphatic rings. The van der Waals surface area contributed by atoms with Gasteiger partial charge in [-0.2, -0.15) is 0 Å². The minimum absolute atomic E-state index is 0. The number of Topliss-reactive ketones (excluding diaryl/α,β-unsaturated/α-hetero) is 2. The summed E-state index contributed by atoms with van der Waals surface area (Å²) in [5, 5.41) is 16.1. The van der Waals surface area contributed by atoms with Crippen molar-refractivity contribution in [3.05, 3.63) is 0 Å². The Kier molecular flexibility index (Phi) is 27.0. The minimum atomic E-state index is -0.494. The largest absolute Gasteiger partial charge is 0.460 e. The van der Waals surface area contributed by atoms with E-state index >= 15 is 0 Å². The van der Waals surface area contributed by atoms with Crippen molar-refractivity contribution in [3.8, 4) is 0 Å². The number of aliphatic hydroxyl groups is 2. The van der Waals surface area contributed by atoms with Gasteiger partial charge in [-0.3, -0.25) is 19.2 Å². The van der Waals surface area contributed by atoms with Crippen molar-refractivity contribution in [1.82, 2.24) is 0 Å². The summed E-state index contributed by atoms with van der Waals surface area (Å²) in [6.07, 6.45) is -0.589. The van der Waals surface area contributed by atoms with Gasteiger partial charge in [-0.15, -0.1) is 0 Å². The third kappa shape index (κ3) is 73.2. The van der Waals surface area contributed by atoms with Gasteiger partial charge >= 0.3 is 11.9 Å². The van der Waals surface area contributed by atoms with Gasteiger partial charge in [-0.25, -0.2) is 0 Å². The van der Waals surface area contributed by atoms with Crippen LogP contribution < -0.4 is 0 Å². The first kappa shape index (κ1) is 40.3. The number of aliphatic hydroxyl groups excluding tert-OH is 2. The fourth-order valence-electron chi connectivity index (χ4n) is 1.16. The maximum atomic E-state index is 10.8. The van der Waals surface area contributed by atoms with E-state index in [1.165, 1.54) is 13.8 Å². The second-order valence-corrected chi connectivity index (χ2v) is 9.12. The zero-order valence-corrected chi connectivity index (χ0v) is 23.0. The molecule has 0 fully saturated rings. The summed E-state index contributed by atoms with van der Waals surface area (Å²) < 4.78 is 9.78. The first-order valence-corrected chi connectivity index (χ1v) is 9.87. The Labute approximate surface area is 203 Å². The molecule has 0 rings (SSSR count). The molecule has 0 radical (unpaired) electrons. The summed E-state index contributed by atoms with van der Waals surface area (Å²) in [6, 6.07) is 0. The average molecular weight is 484 g/mol. The fraction of sp³-hybridized carbons (Fsp3) is 0.818. The van der Waals surface area contributed by atoms with Crippen LogP contribution >= 0.6 is 0 Å². The van der Waals surface area contributed by atoms with E-state index in [-0.39, 0.29) is 58.3 Å². The van der Waals surface area contributed by atoms with Crippen LogP contribution in [0.5, 0.6) is 0 Å². The monoisotopic (exact) mass is 484 g/mol. The topological polar surface area (TPSA) is 127 Å². The number of carbonyl (C=O) groups is 4. The molecule has 0 amide bonds. The first-order valence-electron chi connectivity index (χ1n) is 9.87. The van der Waals surface area contributed by atoms with E-state index in [0.29, 0.717) is 0 Å². The van der Waals surface area contributed by atoms with Crippen molar-refractivity contribution in [2.45, 2.75) is 119 Å². The van der Waals surface area contributed by atoms with Gasteiger partial charge in [0.2, 0.25) is 0 Å². The van der Waals surface area contributed by atoms with Crippen LogP contribution in [0.15, 0.2) is 0 Å². The van der Waals surface area contributed by atoms with Gasteiger partial charge in [0.1, 0.15) is 35.6 Å². The third-order valence-electron chi connectivity index (χ3n) is 1.63. The van der Waals surface area contributed by atoms with E-state index in [4.69, 9.17) is 19.7 Å². The van der Waals surface area contributed by atoms with Gasteiger partial charge in [0.15, 0.2) is 0 Å². The first-order chi connectivity index (χ1) is 13.1. The normalized spacial score (nSPS) is 10.1. The maximum Gasteiger partial charge on any atom is 0.313 e. The predicted octanol–water partition coefficient (Wildman–Crippen LogP) is 3.39. The molecular formula is C22H44O8Ti. The molecule has 184 valence electrons. The summed E-state index contributed by atoms with van der Waals surface area (Å²) >= 11 is 0. The number of rotatable bonds is 4. The van der Waals surface area contributed by atoms with Gasteiger partial charge in [0.05, 0.1) is 0 Å². The van der Waals surface area contributed by atoms with Crippen LogP contribution in [0.3, 0.4) is 0 Å². The SMILES string of the molecule is CC(=O)CC(=O)OC(C)(C)C.CC(=O)CC(=O)OC(C)(C)C.CC(C)O.CC(C)O.[Ti]. The summed E-state index contributed by atoms with van der Waals surface area (Å²) in [4.78, 5) is 42.5. The second kappa shape index (κ2) is 20.8. The van der Waals surface area contributed by atoms with E-state index in [2.05, 4.69) is 0 Å². The van der Waals surface area contributed by atoms with Gasteiger partial charge in [0, 0.05) is 33.9 Å². The number of carbonyl (C=O) groups excluding carboxylic acids is 4. The number of ether oxygens (including phenoxy) is 2. The number of ketones is 2. The van der Waals surface area contributed by atoms with Crippen LogP contribution in [0.25, 0.3) is 0 Å². The molecule has 0 atom stereocenters. The molecule has 0 heterocycles. The molecule has 0 saturated heterocycles. The maximum absolute atomic E-state index is 10.8. The fourth-order valence-corrected chi connectivity index (χ4v) is 1.16. The van der Waals surface area contributed by atoms with Crippen LogP contribution in [0.2, 0.25) is 0 Å². The van der Waals surface area contributed by atoms with Crippen LogP contribution in [0.4, 0.5) is 0 Å². The Morgan fingerprint density at radius 3 is 0.903 bits per heavy atom. The van der Waals surface area contributed by atoms with Crippen LogP contribution in [0.1, 0.15) is 95.9 Å². The Morgan fingerprint density at radius 1 is 0.645 bits per heavy atom. The van der Waals surface area contributed by atoms with Crippen molar-refractivity contribution >= 4 is 23.5 Å². The Hall–Kier alpha value is -1.09. The van der Waals surface area contributed by atoms with E-state index in [0.717, 1.165) is 0 Å². The second-order valence-electron chi connectivity index (χ2n) is 9.12. The number of hydrogen-bond acceptors (Lipinski definition) is 8. The molecule has 0 aromatic rings. The Morgan fingerprint density at radius 2 is 0.806 bits per heavy atom. The quantitative estimate of drug-likeness (QED) is 0.353. The molecule has 0 aliphatic carbocycles. The summed E-state index contributed by atoms with van der Waals surface area (Å²) in [5.41, 5.74) is -0.987. The molecule has 0 unspecified atom stereocenters. The van der Waals surface area contributed by atoms with Crippen molar-refractivity contribution in [1.29, 1.82) is 0 Å². The molecule has 0 aromatic carbocycles. The van der Waals surface area contributed by atoms with Crippen molar-refractivity contribution in [2.24, 2.45) is 0 Å². The number of hydrogen-bond donors (Lipinski definition) is 2. The predicted molar refractivity (Wildman–Crippen MR) is 117 cm³/mol. The number of esters is 2. The molecule has 0 spiro atoms. The molecule has 0 aromatic heterocycles. The standard InChI is InChI=1S/2C8H14O3.2C3H8O.Ti/c2*1-6(9)5-7(10)11-8(2,3)4;2*1-3(2)4;/h2*5H2,1-4H3;2*3-4H,1-2H3;. The molecule has 9 heteroatoms. The van der Waals surface area contributed by atoms with Crippen LogP contribution in [-0.4, -0.2) is 57.1 Å². The van der Waals surface area contributed by atoms with Crippen molar-refractivity contribution in [2.75, 3.05) is 0 Å². The van der Waals surface area contributed by atoms with Crippen LogP contribution in [-0.2, 0) is 50.4 Å². The Bertz CT molecular complexity index is 449. The van der Waals surface area contributed by atoms with Gasteiger partial charge in [-0.1, -0.05) is 0 Å². The zero-order valence-electron chi connectivity index (χ0n) is 21.4. The summed E-state index contributed by atoms with van der Waals surface area (Å²) in [6.45, 7) is 20.2. The van der Waals surface area contributed by atoms with E-state index in [1.54, 1.807) is 69.2 Å². The molecule has 0 bridgehead atoms. The van der Waals surface area contributed by atoms with E-state index in [1.807, 2.05) is 0 Å². The summed E-state index contributed by atoms with van der Waals surface area (Å²) in [5.74, 6) is -1.24. The summed E-state index contributed by atoms with van der Waals surface area (Å²) in [7, 11) is 0. The van der Waals surface area contributed by atoms with E-state index in [9.17, 15) is 19.2 Å². The molecule has 8 nitrogen and oxygen atoms in total.